The fraction of sp³-hybridized carbons (Fsp3) is 0.462. The lowest BCUT2D eigenvalue weighted by molar-refractivity contribution is -0.114. The molecule has 0 spiro atoms. The first-order valence-corrected chi connectivity index (χ1v) is 6.36. The van der Waals surface area contributed by atoms with Gasteiger partial charge in [0, 0.05) is 23.0 Å². The molecule has 0 radical (unpaired) electrons. The molecule has 1 aliphatic rings. The van der Waals surface area contributed by atoms with Crippen molar-refractivity contribution in [2.45, 2.75) is 32.2 Å². The summed E-state index contributed by atoms with van der Waals surface area (Å²) in [4.78, 5) is 11.3. The second-order valence-electron chi connectivity index (χ2n) is 4.86. The fourth-order valence-electron chi connectivity index (χ4n) is 2.52. The summed E-state index contributed by atoms with van der Waals surface area (Å²) < 4.78 is 0. The first-order valence-electron chi connectivity index (χ1n) is 5.98. The average Bonchev–Trinajstić information content (AvgIpc) is 2.71. The van der Waals surface area contributed by atoms with E-state index in [1.54, 1.807) is 6.07 Å². The van der Waals surface area contributed by atoms with Crippen molar-refractivity contribution < 1.29 is 9.90 Å². The number of halogens is 1. The van der Waals surface area contributed by atoms with Gasteiger partial charge in [0.05, 0.1) is 5.69 Å². The molecule has 1 aromatic carbocycles. The van der Waals surface area contributed by atoms with Crippen molar-refractivity contribution >= 4 is 23.2 Å². The summed E-state index contributed by atoms with van der Waals surface area (Å²) in [7, 11) is 0. The zero-order valence-corrected chi connectivity index (χ0v) is 11.3. The molecule has 1 aromatic rings. The molecule has 0 bridgehead atoms. The number of rotatable bonds is 2. The Hall–Kier alpha value is -1.26. The zero-order chi connectivity index (χ0) is 13.3. The lowest BCUT2D eigenvalue weighted by Crippen LogP contribution is -2.34. The van der Waals surface area contributed by atoms with Crippen LogP contribution in [0.3, 0.4) is 0 Å². The number of benzene rings is 1. The standard InChI is InChI=1S/C13H17ClN2O2/c1-8(17)16-12-10(18)5-4-9(14)11(12)13(2)6-3-7-15-13/h4-5,15,18H,3,6-7H2,1-2H3,(H,16,17). The summed E-state index contributed by atoms with van der Waals surface area (Å²) in [6.07, 6.45) is 1.96. The van der Waals surface area contributed by atoms with E-state index in [4.69, 9.17) is 11.6 Å². The van der Waals surface area contributed by atoms with Gasteiger partial charge in [-0.1, -0.05) is 11.6 Å². The average molecular weight is 269 g/mol. The van der Waals surface area contributed by atoms with Crippen LogP contribution in [0.25, 0.3) is 0 Å². The highest BCUT2D eigenvalue weighted by atomic mass is 35.5. The van der Waals surface area contributed by atoms with E-state index >= 15 is 0 Å². The molecule has 2 rings (SSSR count). The maximum atomic E-state index is 11.3. The van der Waals surface area contributed by atoms with Crippen LogP contribution in [0.5, 0.6) is 5.75 Å². The Morgan fingerprint density at radius 1 is 1.56 bits per heavy atom. The second-order valence-corrected chi connectivity index (χ2v) is 5.27. The number of phenols is 1. The Bertz CT molecular complexity index is 482. The molecule has 1 atom stereocenters. The van der Waals surface area contributed by atoms with Crippen LogP contribution in [-0.4, -0.2) is 17.6 Å². The third-order valence-electron chi connectivity index (χ3n) is 3.35. The van der Waals surface area contributed by atoms with Crippen LogP contribution in [0.1, 0.15) is 32.3 Å². The Morgan fingerprint density at radius 2 is 2.28 bits per heavy atom. The highest BCUT2D eigenvalue weighted by Gasteiger charge is 2.35. The number of hydrogen-bond acceptors (Lipinski definition) is 3. The summed E-state index contributed by atoms with van der Waals surface area (Å²) in [5.41, 5.74) is 0.858. The molecular weight excluding hydrogens is 252 g/mol. The van der Waals surface area contributed by atoms with Crippen LogP contribution in [0.15, 0.2) is 12.1 Å². The molecule has 5 heteroatoms. The van der Waals surface area contributed by atoms with E-state index in [1.807, 2.05) is 6.92 Å². The van der Waals surface area contributed by atoms with Gasteiger partial charge in [-0.25, -0.2) is 0 Å². The first kappa shape index (κ1) is 13.2. The SMILES string of the molecule is CC(=O)Nc1c(O)ccc(Cl)c1C1(C)CCCN1. The van der Waals surface area contributed by atoms with Crippen molar-refractivity contribution in [3.63, 3.8) is 0 Å². The molecule has 0 saturated carbocycles. The summed E-state index contributed by atoms with van der Waals surface area (Å²) in [6, 6.07) is 3.15. The van der Waals surface area contributed by atoms with Crippen molar-refractivity contribution in [1.82, 2.24) is 5.32 Å². The summed E-state index contributed by atoms with van der Waals surface area (Å²) in [5.74, 6) is -0.185. The van der Waals surface area contributed by atoms with Crippen molar-refractivity contribution in [1.29, 1.82) is 0 Å². The number of phenolic OH excluding ortho intramolecular Hbond substituents is 1. The minimum Gasteiger partial charge on any atom is -0.506 e. The fourth-order valence-corrected chi connectivity index (χ4v) is 2.88. The normalized spacial score (nSPS) is 23.1. The molecule has 1 saturated heterocycles. The van der Waals surface area contributed by atoms with E-state index in [1.165, 1.54) is 13.0 Å². The van der Waals surface area contributed by atoms with Gasteiger partial charge in [-0.2, -0.15) is 0 Å². The third-order valence-corrected chi connectivity index (χ3v) is 3.67. The number of hydrogen-bond donors (Lipinski definition) is 3. The van der Waals surface area contributed by atoms with E-state index in [2.05, 4.69) is 10.6 Å². The number of aromatic hydroxyl groups is 1. The van der Waals surface area contributed by atoms with Crippen LogP contribution < -0.4 is 10.6 Å². The topological polar surface area (TPSA) is 61.4 Å². The van der Waals surface area contributed by atoms with Gasteiger partial charge in [-0.3, -0.25) is 4.79 Å². The molecule has 0 aromatic heterocycles. The minimum absolute atomic E-state index is 0.0412. The van der Waals surface area contributed by atoms with Gasteiger partial charge in [-0.15, -0.1) is 0 Å². The van der Waals surface area contributed by atoms with E-state index in [9.17, 15) is 9.90 Å². The predicted molar refractivity (Wildman–Crippen MR) is 72.0 cm³/mol. The van der Waals surface area contributed by atoms with Crippen molar-refractivity contribution in [2.24, 2.45) is 0 Å². The number of anilines is 1. The predicted octanol–water partition coefficient (Wildman–Crippen LogP) is 2.60. The van der Waals surface area contributed by atoms with Crippen LogP contribution in [0.4, 0.5) is 5.69 Å². The molecular formula is C13H17ClN2O2. The molecule has 98 valence electrons. The summed E-state index contributed by atoms with van der Waals surface area (Å²) in [5, 5.41) is 16.5. The highest BCUT2D eigenvalue weighted by molar-refractivity contribution is 6.32. The van der Waals surface area contributed by atoms with Crippen LogP contribution in [0.2, 0.25) is 5.02 Å². The molecule has 1 heterocycles. The van der Waals surface area contributed by atoms with Gasteiger partial charge >= 0.3 is 0 Å². The Kier molecular flexibility index (Phi) is 3.50. The Balaban J connectivity index is 2.56. The third kappa shape index (κ3) is 2.31. The second kappa shape index (κ2) is 4.78. The number of amides is 1. The summed E-state index contributed by atoms with van der Waals surface area (Å²) in [6.45, 7) is 4.35. The molecule has 18 heavy (non-hydrogen) atoms. The molecule has 3 N–H and O–H groups in total. The highest BCUT2D eigenvalue weighted by Crippen LogP contribution is 2.43. The number of nitrogens with one attached hydrogen (secondary N) is 2. The van der Waals surface area contributed by atoms with Crippen LogP contribution in [-0.2, 0) is 10.3 Å². The molecule has 1 amide bonds. The van der Waals surface area contributed by atoms with Crippen molar-refractivity contribution in [2.75, 3.05) is 11.9 Å². The quantitative estimate of drug-likeness (QED) is 0.723. The van der Waals surface area contributed by atoms with Crippen molar-refractivity contribution in [3.8, 4) is 5.75 Å². The minimum atomic E-state index is -0.312. The van der Waals surface area contributed by atoms with Gasteiger partial charge < -0.3 is 15.7 Å². The maximum absolute atomic E-state index is 11.3. The van der Waals surface area contributed by atoms with Crippen LogP contribution in [0, 0.1) is 0 Å². The zero-order valence-electron chi connectivity index (χ0n) is 10.5. The monoisotopic (exact) mass is 268 g/mol. The van der Waals surface area contributed by atoms with Gasteiger partial charge in [0.15, 0.2) is 0 Å². The Labute approximate surface area is 111 Å². The number of carbonyl (C=O) groups excluding carboxylic acids is 1. The maximum Gasteiger partial charge on any atom is 0.221 e. The van der Waals surface area contributed by atoms with Gasteiger partial charge in [0.2, 0.25) is 5.91 Å². The largest absolute Gasteiger partial charge is 0.506 e. The number of carbonyl (C=O) groups is 1. The van der Waals surface area contributed by atoms with Gasteiger partial charge in [-0.05, 0) is 38.4 Å². The van der Waals surface area contributed by atoms with E-state index in [0.29, 0.717) is 10.7 Å². The Morgan fingerprint density at radius 3 is 2.83 bits per heavy atom. The molecule has 1 unspecified atom stereocenters. The van der Waals surface area contributed by atoms with Gasteiger partial charge in [0.1, 0.15) is 5.75 Å². The smallest absolute Gasteiger partial charge is 0.221 e. The first-order chi connectivity index (χ1) is 8.44. The lowest BCUT2D eigenvalue weighted by atomic mass is 9.88. The van der Waals surface area contributed by atoms with Crippen LogP contribution >= 0.6 is 11.6 Å². The van der Waals surface area contributed by atoms with Gasteiger partial charge in [0.25, 0.3) is 0 Å². The van der Waals surface area contributed by atoms with E-state index < -0.39 is 0 Å². The molecule has 1 fully saturated rings. The van der Waals surface area contributed by atoms with Crippen molar-refractivity contribution in [3.05, 3.63) is 22.7 Å². The summed E-state index contributed by atoms with van der Waals surface area (Å²) >= 11 is 6.25. The molecule has 4 nitrogen and oxygen atoms in total. The van der Waals surface area contributed by atoms with E-state index in [-0.39, 0.29) is 17.2 Å². The molecule has 1 aliphatic heterocycles. The molecule has 0 aliphatic carbocycles. The van der Waals surface area contributed by atoms with E-state index in [0.717, 1.165) is 24.9 Å². The lowest BCUT2D eigenvalue weighted by Gasteiger charge is -2.29.